The number of halogens is 1. The lowest BCUT2D eigenvalue weighted by atomic mass is 10.5. The SMILES string of the molecule is O=S(=O)(c1ccc(I)s1)N1CCOCC1. The lowest BCUT2D eigenvalue weighted by Gasteiger charge is -2.25. The van der Waals surface area contributed by atoms with Gasteiger partial charge >= 0.3 is 0 Å². The average molecular weight is 359 g/mol. The van der Waals surface area contributed by atoms with Crippen molar-refractivity contribution in [1.29, 1.82) is 0 Å². The van der Waals surface area contributed by atoms with Crippen LogP contribution in [0, 0.1) is 2.88 Å². The van der Waals surface area contributed by atoms with E-state index in [-0.39, 0.29) is 0 Å². The van der Waals surface area contributed by atoms with Crippen LogP contribution in [0.15, 0.2) is 16.3 Å². The van der Waals surface area contributed by atoms with E-state index in [0.29, 0.717) is 30.5 Å². The zero-order valence-electron chi connectivity index (χ0n) is 7.85. The minimum atomic E-state index is -3.27. The Bertz CT molecular complexity index is 436. The van der Waals surface area contributed by atoms with Gasteiger partial charge in [0.2, 0.25) is 0 Å². The molecule has 1 aromatic rings. The number of rotatable bonds is 2. The summed E-state index contributed by atoms with van der Waals surface area (Å²) in [5.41, 5.74) is 0. The molecule has 15 heavy (non-hydrogen) atoms. The van der Waals surface area contributed by atoms with E-state index in [0.717, 1.165) is 2.88 Å². The fraction of sp³-hybridized carbons (Fsp3) is 0.500. The summed E-state index contributed by atoms with van der Waals surface area (Å²) in [5.74, 6) is 0. The van der Waals surface area contributed by atoms with Gasteiger partial charge in [0.15, 0.2) is 0 Å². The van der Waals surface area contributed by atoms with Crippen molar-refractivity contribution in [1.82, 2.24) is 4.31 Å². The summed E-state index contributed by atoms with van der Waals surface area (Å²) in [7, 11) is -3.27. The second-order valence-corrected chi connectivity index (χ2v) is 8.22. The van der Waals surface area contributed by atoms with Crippen LogP contribution in [-0.4, -0.2) is 39.0 Å². The van der Waals surface area contributed by atoms with Crippen molar-refractivity contribution >= 4 is 44.0 Å². The highest BCUT2D eigenvalue weighted by Gasteiger charge is 2.27. The van der Waals surface area contributed by atoms with Crippen molar-refractivity contribution in [2.24, 2.45) is 0 Å². The number of ether oxygens (including phenoxy) is 1. The predicted molar refractivity (Wildman–Crippen MR) is 66.6 cm³/mol. The van der Waals surface area contributed by atoms with Gasteiger partial charge < -0.3 is 4.74 Å². The van der Waals surface area contributed by atoms with Crippen LogP contribution in [0.2, 0.25) is 0 Å². The summed E-state index contributed by atoms with van der Waals surface area (Å²) >= 11 is 3.43. The Hall–Kier alpha value is 0.300. The zero-order valence-corrected chi connectivity index (χ0v) is 11.6. The van der Waals surface area contributed by atoms with Gasteiger partial charge in [-0.15, -0.1) is 11.3 Å². The highest BCUT2D eigenvalue weighted by Crippen LogP contribution is 2.26. The fourth-order valence-corrected chi connectivity index (χ4v) is 5.29. The van der Waals surface area contributed by atoms with Gasteiger partial charge in [-0.1, -0.05) is 0 Å². The number of morpholine rings is 1. The maximum absolute atomic E-state index is 12.1. The summed E-state index contributed by atoms with van der Waals surface area (Å²) in [4.78, 5) is 0. The molecule has 4 nitrogen and oxygen atoms in total. The molecular weight excluding hydrogens is 349 g/mol. The number of nitrogens with zero attached hydrogens (tertiary/aromatic N) is 1. The molecule has 0 amide bonds. The molecule has 0 atom stereocenters. The van der Waals surface area contributed by atoms with Gasteiger partial charge in [-0.25, -0.2) is 8.42 Å². The van der Waals surface area contributed by atoms with E-state index >= 15 is 0 Å². The van der Waals surface area contributed by atoms with E-state index < -0.39 is 10.0 Å². The van der Waals surface area contributed by atoms with Crippen LogP contribution in [0.3, 0.4) is 0 Å². The Morgan fingerprint density at radius 2 is 2.00 bits per heavy atom. The minimum Gasteiger partial charge on any atom is -0.379 e. The van der Waals surface area contributed by atoms with E-state index in [1.807, 2.05) is 6.07 Å². The molecule has 0 spiro atoms. The lowest BCUT2D eigenvalue weighted by Crippen LogP contribution is -2.40. The standard InChI is InChI=1S/C8H10INO3S2/c9-7-1-2-8(14-7)15(11,12)10-3-5-13-6-4-10/h1-2H,3-6H2. The monoisotopic (exact) mass is 359 g/mol. The number of sulfonamides is 1. The first-order chi connectivity index (χ1) is 7.10. The topological polar surface area (TPSA) is 46.6 Å². The van der Waals surface area contributed by atoms with Gasteiger partial charge in [0, 0.05) is 13.1 Å². The molecule has 0 N–H and O–H groups in total. The Labute approximate surface area is 106 Å². The largest absolute Gasteiger partial charge is 0.379 e. The lowest BCUT2D eigenvalue weighted by molar-refractivity contribution is 0.0731. The highest BCUT2D eigenvalue weighted by atomic mass is 127. The van der Waals surface area contributed by atoms with Gasteiger partial charge in [-0.05, 0) is 34.7 Å². The summed E-state index contributed by atoms with van der Waals surface area (Å²) in [6.45, 7) is 1.89. The quantitative estimate of drug-likeness (QED) is 0.750. The van der Waals surface area contributed by atoms with Crippen LogP contribution in [0.25, 0.3) is 0 Å². The third kappa shape index (κ3) is 2.52. The first kappa shape index (κ1) is 11.8. The molecule has 0 aromatic carbocycles. The Kier molecular flexibility index (Phi) is 3.66. The molecule has 2 heterocycles. The van der Waals surface area contributed by atoms with Crippen molar-refractivity contribution in [3.8, 4) is 0 Å². The van der Waals surface area contributed by atoms with Gasteiger partial charge in [-0.3, -0.25) is 0 Å². The molecular formula is C8H10INO3S2. The van der Waals surface area contributed by atoms with Crippen LogP contribution < -0.4 is 0 Å². The molecule has 1 aliphatic rings. The summed E-state index contributed by atoms with van der Waals surface area (Å²) in [6.07, 6.45) is 0. The molecule has 1 saturated heterocycles. The molecule has 1 aliphatic heterocycles. The molecule has 1 aromatic heterocycles. The maximum Gasteiger partial charge on any atom is 0.252 e. The molecule has 0 saturated carbocycles. The minimum absolute atomic E-state index is 0.425. The van der Waals surface area contributed by atoms with Crippen LogP contribution in [0.4, 0.5) is 0 Å². The molecule has 0 bridgehead atoms. The Balaban J connectivity index is 2.26. The molecule has 7 heteroatoms. The predicted octanol–water partition coefficient (Wildman–Crippen LogP) is 1.37. The molecule has 2 rings (SSSR count). The van der Waals surface area contributed by atoms with Crippen LogP contribution in [0.5, 0.6) is 0 Å². The zero-order chi connectivity index (χ0) is 10.9. The third-order valence-corrected chi connectivity index (χ3v) is 6.37. The molecule has 0 unspecified atom stereocenters. The van der Waals surface area contributed by atoms with Crippen LogP contribution in [-0.2, 0) is 14.8 Å². The van der Waals surface area contributed by atoms with Gasteiger partial charge in [0.05, 0.1) is 16.1 Å². The highest BCUT2D eigenvalue weighted by molar-refractivity contribution is 14.1. The fourth-order valence-electron chi connectivity index (χ4n) is 1.35. The van der Waals surface area contributed by atoms with E-state index in [1.165, 1.54) is 15.6 Å². The average Bonchev–Trinajstić information content (AvgIpc) is 2.67. The third-order valence-electron chi connectivity index (χ3n) is 2.11. The smallest absolute Gasteiger partial charge is 0.252 e. The van der Waals surface area contributed by atoms with Gasteiger partial charge in [-0.2, -0.15) is 4.31 Å². The van der Waals surface area contributed by atoms with Crippen LogP contribution in [0.1, 0.15) is 0 Å². The number of hydrogen-bond donors (Lipinski definition) is 0. The second kappa shape index (κ2) is 4.66. The van der Waals surface area contributed by atoms with E-state index in [4.69, 9.17) is 4.74 Å². The van der Waals surface area contributed by atoms with E-state index in [2.05, 4.69) is 22.6 Å². The Morgan fingerprint density at radius 1 is 1.33 bits per heavy atom. The first-order valence-electron chi connectivity index (χ1n) is 4.44. The van der Waals surface area contributed by atoms with Crippen LogP contribution >= 0.6 is 33.9 Å². The van der Waals surface area contributed by atoms with Crippen molar-refractivity contribution < 1.29 is 13.2 Å². The van der Waals surface area contributed by atoms with E-state index in [1.54, 1.807) is 6.07 Å². The first-order valence-corrected chi connectivity index (χ1v) is 7.77. The molecule has 0 aliphatic carbocycles. The van der Waals surface area contributed by atoms with Gasteiger partial charge in [0.25, 0.3) is 10.0 Å². The molecule has 1 fully saturated rings. The summed E-state index contributed by atoms with van der Waals surface area (Å²) in [5, 5.41) is 0. The van der Waals surface area contributed by atoms with E-state index in [9.17, 15) is 8.42 Å². The summed E-state index contributed by atoms with van der Waals surface area (Å²) < 4.78 is 32.2. The Morgan fingerprint density at radius 3 is 2.53 bits per heavy atom. The molecule has 0 radical (unpaired) electrons. The number of thiophene rings is 1. The van der Waals surface area contributed by atoms with Crippen molar-refractivity contribution in [2.45, 2.75) is 4.21 Å². The van der Waals surface area contributed by atoms with Crippen molar-refractivity contribution in [2.75, 3.05) is 26.3 Å². The van der Waals surface area contributed by atoms with Gasteiger partial charge in [0.1, 0.15) is 4.21 Å². The maximum atomic E-state index is 12.1. The summed E-state index contributed by atoms with van der Waals surface area (Å²) in [6, 6.07) is 3.48. The second-order valence-electron chi connectivity index (χ2n) is 3.08. The van der Waals surface area contributed by atoms with Crippen molar-refractivity contribution in [3.05, 3.63) is 15.0 Å². The normalized spacial score (nSPS) is 19.3. The number of hydrogen-bond acceptors (Lipinski definition) is 4. The van der Waals surface area contributed by atoms with Crippen molar-refractivity contribution in [3.63, 3.8) is 0 Å². The molecule has 84 valence electrons.